The van der Waals surface area contributed by atoms with E-state index in [-0.39, 0.29) is 18.4 Å². The van der Waals surface area contributed by atoms with Gasteiger partial charge < -0.3 is 15.5 Å². The highest BCUT2D eigenvalue weighted by molar-refractivity contribution is 7.90. The minimum Gasteiger partial charge on any atom is -0.385 e. The quantitative estimate of drug-likeness (QED) is 0.305. The summed E-state index contributed by atoms with van der Waals surface area (Å²) in [5.41, 5.74) is 5.96. The Morgan fingerprint density at radius 3 is 2.46 bits per heavy atom. The van der Waals surface area contributed by atoms with Crippen LogP contribution < -0.4 is 5.73 Å². The zero-order chi connectivity index (χ0) is 20.9. The summed E-state index contributed by atoms with van der Waals surface area (Å²) in [6.45, 7) is 0.0986. The summed E-state index contributed by atoms with van der Waals surface area (Å²) in [6, 6.07) is -2.00. The summed E-state index contributed by atoms with van der Waals surface area (Å²) in [7, 11) is -4.89. The Labute approximate surface area is 164 Å². The Balaban J connectivity index is 1.74. The van der Waals surface area contributed by atoms with Gasteiger partial charge in [0.1, 0.15) is 5.84 Å². The molecular weight excluding hydrogens is 414 g/mol. The molecule has 2 unspecified atom stereocenters. The third kappa shape index (κ3) is 4.25. The molecule has 0 aromatic heterocycles. The molecule has 3 aliphatic rings. The van der Waals surface area contributed by atoms with Crippen molar-refractivity contribution in [1.29, 1.82) is 0 Å². The fourth-order valence-electron chi connectivity index (χ4n) is 4.08. The Morgan fingerprint density at radius 1 is 1.21 bits per heavy atom. The number of piperidine rings is 1. The van der Waals surface area contributed by atoms with Gasteiger partial charge in [0.25, 0.3) is 10.0 Å². The van der Waals surface area contributed by atoms with Crippen LogP contribution in [-0.2, 0) is 24.7 Å². The Hall–Kier alpha value is -1.48. The molecule has 28 heavy (non-hydrogen) atoms. The minimum atomic E-state index is -4.85. The molecule has 2 bridgehead atoms. The lowest BCUT2D eigenvalue weighted by Crippen LogP contribution is -2.48. The largest absolute Gasteiger partial charge is 0.418 e. The summed E-state index contributed by atoms with van der Waals surface area (Å²) in [5, 5.41) is -0.0427. The van der Waals surface area contributed by atoms with E-state index < -0.39 is 43.8 Å². The first-order valence-corrected chi connectivity index (χ1v) is 11.8. The Bertz CT molecular complexity index is 873. The van der Waals surface area contributed by atoms with Crippen molar-refractivity contribution in [3.05, 3.63) is 0 Å². The normalized spacial score (nSPS) is 31.9. The number of rotatable bonds is 6. The number of urea groups is 1. The number of amides is 2. The van der Waals surface area contributed by atoms with Crippen molar-refractivity contribution in [2.45, 2.75) is 55.5 Å². The lowest BCUT2D eigenvalue weighted by Gasteiger charge is -2.29. The van der Waals surface area contributed by atoms with E-state index in [0.29, 0.717) is 30.7 Å². The molecular formula is C14H25N5O7S2. The number of amidine groups is 1. The predicted molar refractivity (Wildman–Crippen MR) is 99.0 cm³/mol. The van der Waals surface area contributed by atoms with E-state index in [2.05, 4.69) is 8.68 Å². The molecule has 0 aromatic carbocycles. The molecule has 0 radical (unpaired) electrons. The van der Waals surface area contributed by atoms with Crippen LogP contribution in [0.15, 0.2) is 4.40 Å². The van der Waals surface area contributed by atoms with Crippen molar-refractivity contribution in [1.82, 2.24) is 14.9 Å². The van der Waals surface area contributed by atoms with Crippen LogP contribution in [-0.4, -0.2) is 92.1 Å². The van der Waals surface area contributed by atoms with Gasteiger partial charge in [-0.25, -0.2) is 13.2 Å². The van der Waals surface area contributed by atoms with E-state index in [1.807, 2.05) is 19.0 Å². The molecule has 12 nitrogen and oxygen atoms in total. The fourth-order valence-corrected chi connectivity index (χ4v) is 5.93. The van der Waals surface area contributed by atoms with Gasteiger partial charge in [-0.15, -0.1) is 8.68 Å². The van der Waals surface area contributed by atoms with Crippen molar-refractivity contribution in [2.24, 2.45) is 10.1 Å². The second kappa shape index (κ2) is 7.40. The fraction of sp³-hybridized carbons (Fsp3) is 0.857. The summed E-state index contributed by atoms with van der Waals surface area (Å²) >= 11 is 0. The molecule has 2 aliphatic heterocycles. The number of fused-ring (bicyclic) bond motifs is 2. The molecule has 2 amide bonds. The molecule has 1 aliphatic carbocycles. The van der Waals surface area contributed by atoms with Gasteiger partial charge in [0, 0.05) is 12.6 Å². The molecule has 0 aromatic rings. The van der Waals surface area contributed by atoms with Crippen molar-refractivity contribution in [3.8, 4) is 0 Å². The SMILES string of the molecule is CN(C)C1CCC(S(=O)(=O)N=C(N)[C@@H]2CC[C@@H]3CN2C(=O)N3OS(=O)(=O)O)C1. The van der Waals surface area contributed by atoms with Gasteiger partial charge >= 0.3 is 16.4 Å². The molecule has 2 heterocycles. The second-order valence-electron chi connectivity index (χ2n) is 7.59. The van der Waals surface area contributed by atoms with Crippen LogP contribution >= 0.6 is 0 Å². The summed E-state index contributed by atoms with van der Waals surface area (Å²) in [5.74, 6) is -0.200. The monoisotopic (exact) mass is 439 g/mol. The number of nitrogens with zero attached hydrogens (tertiary/aromatic N) is 4. The molecule has 0 spiro atoms. The number of carbonyl (C=O) groups is 1. The number of carbonyl (C=O) groups excluding carboxylic acids is 1. The maximum atomic E-state index is 12.7. The van der Waals surface area contributed by atoms with Crippen LogP contribution in [0.5, 0.6) is 0 Å². The molecule has 3 N–H and O–H groups in total. The third-order valence-corrected chi connectivity index (χ3v) is 7.66. The van der Waals surface area contributed by atoms with E-state index in [0.717, 1.165) is 6.42 Å². The van der Waals surface area contributed by atoms with Gasteiger partial charge in [-0.1, -0.05) is 0 Å². The highest BCUT2D eigenvalue weighted by Gasteiger charge is 2.48. The number of hydrogen-bond acceptors (Lipinski definition) is 7. The van der Waals surface area contributed by atoms with Crippen molar-refractivity contribution in [2.75, 3.05) is 20.6 Å². The van der Waals surface area contributed by atoms with Crippen LogP contribution in [0.25, 0.3) is 0 Å². The van der Waals surface area contributed by atoms with Crippen LogP contribution in [0, 0.1) is 0 Å². The molecule has 160 valence electrons. The van der Waals surface area contributed by atoms with Crippen LogP contribution in [0.2, 0.25) is 0 Å². The van der Waals surface area contributed by atoms with Crippen LogP contribution in [0.4, 0.5) is 4.79 Å². The average Bonchev–Trinajstić information content (AvgIpc) is 3.15. The van der Waals surface area contributed by atoms with Gasteiger partial charge in [0.15, 0.2) is 0 Å². The standard InChI is InChI=1S/C14H25N5O7S2/c1-17(2)9-3-5-11(7-9)27(21,22)16-13(15)12-6-4-10-8-18(12)14(20)19(10)26-28(23,24)25/h9-12H,3-8H2,1-2H3,(H2,15,16)(H,23,24,25)/t9?,10-,11?,12+/m1/s1. The van der Waals surface area contributed by atoms with Gasteiger partial charge in [-0.3, -0.25) is 4.55 Å². The van der Waals surface area contributed by atoms with E-state index in [4.69, 9.17) is 10.3 Å². The average molecular weight is 440 g/mol. The van der Waals surface area contributed by atoms with Gasteiger partial charge in [0.2, 0.25) is 0 Å². The summed E-state index contributed by atoms with van der Waals surface area (Å²) in [4.78, 5) is 15.6. The number of sulfonamides is 1. The first kappa shape index (κ1) is 21.2. The highest BCUT2D eigenvalue weighted by atomic mass is 32.3. The molecule has 2 saturated heterocycles. The van der Waals surface area contributed by atoms with Gasteiger partial charge in [-0.05, 0) is 46.2 Å². The third-order valence-electron chi connectivity index (χ3n) is 5.58. The Kier molecular flexibility index (Phi) is 5.62. The molecule has 4 atom stereocenters. The van der Waals surface area contributed by atoms with Crippen molar-refractivity contribution in [3.63, 3.8) is 0 Å². The van der Waals surface area contributed by atoms with Crippen molar-refractivity contribution >= 4 is 32.3 Å². The second-order valence-corrected chi connectivity index (χ2v) is 10.5. The van der Waals surface area contributed by atoms with Crippen molar-refractivity contribution < 1.29 is 30.5 Å². The Morgan fingerprint density at radius 2 is 1.89 bits per heavy atom. The van der Waals surface area contributed by atoms with Crippen LogP contribution in [0.1, 0.15) is 32.1 Å². The van der Waals surface area contributed by atoms with E-state index in [1.54, 1.807) is 0 Å². The maximum Gasteiger partial charge on any atom is 0.418 e. The van der Waals surface area contributed by atoms with Gasteiger partial charge in [-0.2, -0.15) is 13.5 Å². The van der Waals surface area contributed by atoms with Gasteiger partial charge in [0.05, 0.1) is 17.3 Å². The number of nitrogens with two attached hydrogens (primary N) is 1. The summed E-state index contributed by atoms with van der Waals surface area (Å²) in [6.07, 6.45) is 2.34. The highest BCUT2D eigenvalue weighted by Crippen LogP contribution is 2.32. The van der Waals surface area contributed by atoms with E-state index in [9.17, 15) is 21.6 Å². The molecule has 3 fully saturated rings. The van der Waals surface area contributed by atoms with Crippen LogP contribution in [0.3, 0.4) is 0 Å². The van der Waals surface area contributed by atoms with E-state index in [1.165, 1.54) is 4.90 Å². The molecule has 1 saturated carbocycles. The lowest BCUT2D eigenvalue weighted by molar-refractivity contribution is -0.0316. The smallest absolute Gasteiger partial charge is 0.385 e. The number of hydroxylamine groups is 2. The number of hydrogen-bond donors (Lipinski definition) is 2. The zero-order valence-electron chi connectivity index (χ0n) is 15.6. The minimum absolute atomic E-state index is 0.0986. The first-order valence-electron chi connectivity index (χ1n) is 8.91. The van der Waals surface area contributed by atoms with E-state index >= 15 is 0 Å². The molecule has 14 heteroatoms. The maximum absolute atomic E-state index is 12.7. The first-order chi connectivity index (χ1) is 12.9. The predicted octanol–water partition coefficient (Wildman–Crippen LogP) is -0.841. The topological polar surface area (TPSA) is 163 Å². The lowest BCUT2D eigenvalue weighted by atomic mass is 10.0. The molecule has 3 rings (SSSR count). The zero-order valence-corrected chi connectivity index (χ0v) is 17.3. The summed E-state index contributed by atoms with van der Waals surface area (Å²) < 4.78 is 64.1.